The summed E-state index contributed by atoms with van der Waals surface area (Å²) < 4.78 is 1.57. The van der Waals surface area contributed by atoms with Crippen molar-refractivity contribution < 1.29 is 10.0 Å². The van der Waals surface area contributed by atoms with E-state index in [1.165, 1.54) is 6.33 Å². The molecule has 0 aromatic carbocycles. The summed E-state index contributed by atoms with van der Waals surface area (Å²) in [6, 6.07) is -0.0194. The Morgan fingerprint density at radius 1 is 1.65 bits per heavy atom. The highest BCUT2D eigenvalue weighted by molar-refractivity contribution is 5.52. The number of anilines is 1. The Balaban J connectivity index is 2.92. The minimum atomic E-state index is -0.515. The molecule has 1 rings (SSSR count). The summed E-state index contributed by atoms with van der Waals surface area (Å²) in [4.78, 5) is 14.0. The monoisotopic (exact) mass is 242 g/mol. The highest BCUT2D eigenvalue weighted by atomic mass is 16.6. The van der Waals surface area contributed by atoms with Crippen LogP contribution in [-0.2, 0) is 7.05 Å². The number of hydrogen-bond donors (Lipinski definition) is 2. The van der Waals surface area contributed by atoms with E-state index in [2.05, 4.69) is 10.3 Å². The number of imidazole rings is 1. The zero-order valence-electron chi connectivity index (χ0n) is 10.3. The first-order chi connectivity index (χ1) is 7.97. The molecule has 0 saturated carbocycles. The predicted octanol–water partition coefficient (Wildman–Crippen LogP) is 1.15. The molecule has 17 heavy (non-hydrogen) atoms. The van der Waals surface area contributed by atoms with Gasteiger partial charge in [-0.1, -0.05) is 13.8 Å². The maximum Gasteiger partial charge on any atom is 0.406 e. The van der Waals surface area contributed by atoms with E-state index in [-0.39, 0.29) is 24.4 Å². The van der Waals surface area contributed by atoms with Gasteiger partial charge in [-0.25, -0.2) is 0 Å². The van der Waals surface area contributed by atoms with Crippen molar-refractivity contribution in [1.29, 1.82) is 0 Å². The van der Waals surface area contributed by atoms with Crippen molar-refractivity contribution >= 4 is 11.6 Å². The second-order valence-electron chi connectivity index (χ2n) is 4.29. The summed E-state index contributed by atoms with van der Waals surface area (Å²) >= 11 is 0. The number of nitrogens with one attached hydrogen (secondary N) is 1. The molecule has 1 unspecified atom stereocenters. The Morgan fingerprint density at radius 3 is 2.76 bits per heavy atom. The molecule has 0 spiro atoms. The standard InChI is InChI=1S/C10H18N4O3/c1-7(2)8(4-5-15)12-10-9(14(16)17)11-6-13(10)3/h6-8,12,15H,4-5H2,1-3H3. The van der Waals surface area contributed by atoms with E-state index >= 15 is 0 Å². The van der Waals surface area contributed by atoms with Crippen LogP contribution in [0.25, 0.3) is 0 Å². The molecule has 7 nitrogen and oxygen atoms in total. The molecule has 0 aliphatic carbocycles. The van der Waals surface area contributed by atoms with Crippen molar-refractivity contribution in [2.24, 2.45) is 13.0 Å². The summed E-state index contributed by atoms with van der Waals surface area (Å²) in [6.07, 6.45) is 1.94. The van der Waals surface area contributed by atoms with Gasteiger partial charge in [-0.05, 0) is 22.2 Å². The number of rotatable bonds is 6. The van der Waals surface area contributed by atoms with Gasteiger partial charge in [-0.2, -0.15) is 0 Å². The minimum Gasteiger partial charge on any atom is -0.396 e. The van der Waals surface area contributed by atoms with Gasteiger partial charge in [0.15, 0.2) is 0 Å². The van der Waals surface area contributed by atoms with Crippen molar-refractivity contribution in [2.75, 3.05) is 11.9 Å². The van der Waals surface area contributed by atoms with Crippen LogP contribution in [-0.4, -0.2) is 32.2 Å². The van der Waals surface area contributed by atoms with E-state index in [0.29, 0.717) is 12.2 Å². The molecule has 0 fully saturated rings. The maximum absolute atomic E-state index is 10.8. The van der Waals surface area contributed by atoms with E-state index in [1.54, 1.807) is 11.6 Å². The average molecular weight is 242 g/mol. The quantitative estimate of drug-likeness (QED) is 0.576. The fourth-order valence-corrected chi connectivity index (χ4v) is 1.60. The molecule has 1 aromatic rings. The summed E-state index contributed by atoms with van der Waals surface area (Å²) in [5.74, 6) is 0.454. The van der Waals surface area contributed by atoms with Gasteiger partial charge in [0.1, 0.15) is 0 Å². The molecule has 0 radical (unpaired) electrons. The smallest absolute Gasteiger partial charge is 0.396 e. The highest BCUT2D eigenvalue weighted by Crippen LogP contribution is 2.24. The van der Waals surface area contributed by atoms with Gasteiger partial charge >= 0.3 is 5.82 Å². The Bertz CT molecular complexity index is 389. The average Bonchev–Trinajstić information content (AvgIpc) is 2.59. The van der Waals surface area contributed by atoms with E-state index in [1.807, 2.05) is 13.8 Å². The Kier molecular flexibility index (Phi) is 4.45. The Labute approximate surface area is 99.6 Å². The van der Waals surface area contributed by atoms with Crippen LogP contribution in [0.5, 0.6) is 0 Å². The number of nitro groups is 1. The number of hydrogen-bond acceptors (Lipinski definition) is 5. The lowest BCUT2D eigenvalue weighted by molar-refractivity contribution is -0.388. The number of aromatic nitrogens is 2. The summed E-state index contributed by atoms with van der Waals surface area (Å²) in [5, 5.41) is 22.8. The zero-order valence-corrected chi connectivity index (χ0v) is 10.3. The number of aryl methyl sites for hydroxylation is 1. The van der Waals surface area contributed by atoms with Crippen molar-refractivity contribution in [3.63, 3.8) is 0 Å². The number of aliphatic hydroxyl groups is 1. The molecule has 1 atom stereocenters. The van der Waals surface area contributed by atoms with Gasteiger partial charge in [0.25, 0.3) is 0 Å². The van der Waals surface area contributed by atoms with Gasteiger partial charge in [0.2, 0.25) is 12.1 Å². The van der Waals surface area contributed by atoms with Crippen LogP contribution in [0.4, 0.5) is 11.6 Å². The summed E-state index contributed by atoms with van der Waals surface area (Å²) in [6.45, 7) is 4.03. The zero-order chi connectivity index (χ0) is 13.0. The number of nitrogens with zero attached hydrogens (tertiary/aromatic N) is 3. The third kappa shape index (κ3) is 3.16. The molecule has 0 aliphatic rings. The van der Waals surface area contributed by atoms with Crippen LogP contribution in [0.2, 0.25) is 0 Å². The van der Waals surface area contributed by atoms with Gasteiger partial charge in [-0.3, -0.25) is 4.57 Å². The lowest BCUT2D eigenvalue weighted by atomic mass is 10.0. The number of aliphatic hydroxyl groups excluding tert-OH is 1. The molecule has 0 amide bonds. The van der Waals surface area contributed by atoms with Crippen LogP contribution < -0.4 is 5.32 Å². The topological polar surface area (TPSA) is 93.2 Å². The van der Waals surface area contributed by atoms with Crippen LogP contribution in [0.1, 0.15) is 20.3 Å². The van der Waals surface area contributed by atoms with Crippen LogP contribution in [0, 0.1) is 16.0 Å². The molecule has 7 heteroatoms. The molecule has 1 aromatic heterocycles. The van der Waals surface area contributed by atoms with E-state index in [0.717, 1.165) is 0 Å². The van der Waals surface area contributed by atoms with Crippen LogP contribution >= 0.6 is 0 Å². The van der Waals surface area contributed by atoms with Gasteiger partial charge < -0.3 is 20.5 Å². The van der Waals surface area contributed by atoms with Gasteiger partial charge in [0.05, 0.1) is 0 Å². The summed E-state index contributed by atoms with van der Waals surface area (Å²) in [7, 11) is 1.69. The van der Waals surface area contributed by atoms with Crippen LogP contribution in [0.3, 0.4) is 0 Å². The molecule has 1 heterocycles. The first-order valence-corrected chi connectivity index (χ1v) is 5.50. The first kappa shape index (κ1) is 13.4. The summed E-state index contributed by atoms with van der Waals surface area (Å²) in [5.41, 5.74) is 0. The maximum atomic E-state index is 10.8. The highest BCUT2D eigenvalue weighted by Gasteiger charge is 2.23. The lowest BCUT2D eigenvalue weighted by Crippen LogP contribution is -2.28. The molecular formula is C10H18N4O3. The lowest BCUT2D eigenvalue weighted by Gasteiger charge is -2.22. The van der Waals surface area contributed by atoms with E-state index < -0.39 is 4.92 Å². The van der Waals surface area contributed by atoms with E-state index in [9.17, 15) is 10.1 Å². The third-order valence-electron chi connectivity index (χ3n) is 2.66. The largest absolute Gasteiger partial charge is 0.406 e. The fourth-order valence-electron chi connectivity index (χ4n) is 1.60. The van der Waals surface area contributed by atoms with Crippen molar-refractivity contribution in [3.05, 3.63) is 16.4 Å². The predicted molar refractivity (Wildman–Crippen MR) is 63.8 cm³/mol. The van der Waals surface area contributed by atoms with Crippen molar-refractivity contribution in [1.82, 2.24) is 9.55 Å². The normalized spacial score (nSPS) is 12.8. The van der Waals surface area contributed by atoms with Crippen molar-refractivity contribution in [3.8, 4) is 0 Å². The minimum absolute atomic E-state index is 0.0194. The molecule has 2 N–H and O–H groups in total. The Morgan fingerprint density at radius 2 is 2.29 bits per heavy atom. The second kappa shape index (κ2) is 5.62. The fraction of sp³-hybridized carbons (Fsp3) is 0.700. The molecular weight excluding hydrogens is 224 g/mol. The first-order valence-electron chi connectivity index (χ1n) is 5.50. The van der Waals surface area contributed by atoms with Crippen molar-refractivity contribution in [2.45, 2.75) is 26.3 Å². The van der Waals surface area contributed by atoms with E-state index in [4.69, 9.17) is 5.11 Å². The molecule has 0 bridgehead atoms. The SMILES string of the molecule is CC(C)C(CCO)Nc1c([N+](=O)[O-])ncn1C. The second-order valence-corrected chi connectivity index (χ2v) is 4.29. The van der Waals surface area contributed by atoms with Gasteiger partial charge in [0, 0.05) is 19.7 Å². The van der Waals surface area contributed by atoms with Gasteiger partial charge in [-0.15, -0.1) is 0 Å². The molecule has 96 valence electrons. The third-order valence-corrected chi connectivity index (χ3v) is 2.66. The van der Waals surface area contributed by atoms with Crippen LogP contribution in [0.15, 0.2) is 6.33 Å². The molecule has 0 saturated heterocycles. The molecule has 0 aliphatic heterocycles. The Hall–Kier alpha value is -1.63.